The molecule has 0 saturated heterocycles. The van der Waals surface area contributed by atoms with E-state index in [1.54, 1.807) is 0 Å². The van der Waals surface area contributed by atoms with Crippen LogP contribution in [0.3, 0.4) is 0 Å². The summed E-state index contributed by atoms with van der Waals surface area (Å²) >= 11 is 10.9. The van der Waals surface area contributed by atoms with E-state index < -0.39 is 12.9 Å². The third kappa shape index (κ3) is 1.53. The summed E-state index contributed by atoms with van der Waals surface area (Å²) in [6.07, 6.45) is 0. The van der Waals surface area contributed by atoms with Gasteiger partial charge >= 0.3 is 0 Å². The molecule has 0 aliphatic heterocycles. The molecule has 0 amide bonds. The average molecular weight is 167 g/mol. The van der Waals surface area contributed by atoms with Crippen LogP contribution in [0.2, 0.25) is 10.3 Å². The highest BCUT2D eigenvalue weighted by Gasteiger charge is 1.96. The molecule has 1 aromatic rings. The van der Waals surface area contributed by atoms with Crippen molar-refractivity contribution in [1.82, 2.24) is 10.2 Å². The summed E-state index contributed by atoms with van der Waals surface area (Å²) in [6, 6.07) is -0.401. The van der Waals surface area contributed by atoms with Crippen molar-refractivity contribution in [1.29, 1.82) is 0 Å². The van der Waals surface area contributed by atoms with Crippen LogP contribution in [0.4, 0.5) is 0 Å². The van der Waals surface area contributed by atoms with E-state index in [2.05, 4.69) is 10.2 Å². The first-order chi connectivity index (χ1) is 5.84. The van der Waals surface area contributed by atoms with Gasteiger partial charge in [-0.05, 0) is 18.5 Å². The van der Waals surface area contributed by atoms with Gasteiger partial charge in [0.1, 0.15) is 0 Å². The first kappa shape index (κ1) is 3.17. The first-order valence-electron chi connectivity index (χ1n) is 4.03. The molecule has 1 aromatic heterocycles. The van der Waals surface area contributed by atoms with E-state index in [0.29, 0.717) is 0 Å². The Morgan fingerprint density at radius 2 is 2.44 bits per heavy atom. The summed E-state index contributed by atoms with van der Waals surface area (Å²) in [5.41, 5.74) is -0.367. The average Bonchev–Trinajstić information content (AvgIpc) is 1.95. The molecule has 9 heavy (non-hydrogen) atoms. The predicted molar refractivity (Wildman–Crippen MR) is 36.8 cm³/mol. The Morgan fingerprint density at radius 1 is 1.67 bits per heavy atom. The summed E-state index contributed by atoms with van der Waals surface area (Å²) < 4.78 is 28.5. The zero-order valence-electron chi connectivity index (χ0n) is 8.15. The minimum absolute atomic E-state index is 0.268. The maximum absolute atomic E-state index is 7.31. The third-order valence-corrected chi connectivity index (χ3v) is 1.09. The maximum Gasteiger partial charge on any atom is 0.154 e. The molecular weight excluding hydrogens is 159 g/mol. The molecule has 0 aliphatic rings. The fourth-order valence-corrected chi connectivity index (χ4v) is 0.535. The van der Waals surface area contributed by atoms with E-state index in [1.165, 1.54) is 0 Å². The van der Waals surface area contributed by atoms with Crippen LogP contribution in [0, 0.1) is 6.85 Å². The van der Waals surface area contributed by atoms with Crippen molar-refractivity contribution in [2.75, 3.05) is 0 Å². The Bertz CT molecular complexity index is 338. The van der Waals surface area contributed by atoms with Crippen LogP contribution < -0.4 is 0 Å². The second-order valence-corrected chi connectivity index (χ2v) is 2.00. The summed E-state index contributed by atoms with van der Waals surface area (Å²) in [7, 11) is 0. The number of nitrogens with zero attached hydrogens (tertiary/aromatic N) is 2. The number of hydrogen-bond acceptors (Lipinski definition) is 2. The third-order valence-electron chi connectivity index (χ3n) is 0.660. The van der Waals surface area contributed by atoms with Crippen molar-refractivity contribution >= 4 is 23.2 Å². The number of hydrogen-bond donors (Lipinski definition) is 0. The Balaban J connectivity index is 3.43. The van der Waals surface area contributed by atoms with Crippen molar-refractivity contribution in [2.45, 2.75) is 6.85 Å². The van der Waals surface area contributed by atoms with E-state index >= 15 is 0 Å². The van der Waals surface area contributed by atoms with Crippen molar-refractivity contribution < 1.29 is 5.48 Å². The molecule has 0 aliphatic carbocycles. The number of aromatic nitrogens is 2. The molecule has 0 radical (unpaired) electrons. The monoisotopic (exact) mass is 166 g/mol. The molecule has 0 saturated carbocycles. The van der Waals surface area contributed by atoms with Crippen LogP contribution in [0.25, 0.3) is 0 Å². The SMILES string of the molecule is [2H]c1c(Cl)nnc(Cl)c1C([2H])([2H])[2H]. The maximum atomic E-state index is 7.31. The second-order valence-electron chi connectivity index (χ2n) is 1.28. The second kappa shape index (κ2) is 2.50. The van der Waals surface area contributed by atoms with Gasteiger partial charge in [0.15, 0.2) is 10.3 Å². The van der Waals surface area contributed by atoms with Gasteiger partial charge in [0.2, 0.25) is 0 Å². The molecule has 4 heteroatoms. The lowest BCUT2D eigenvalue weighted by atomic mass is 10.4. The van der Waals surface area contributed by atoms with E-state index in [4.69, 9.17) is 28.7 Å². The van der Waals surface area contributed by atoms with Gasteiger partial charge in [0.25, 0.3) is 0 Å². The summed E-state index contributed by atoms with van der Waals surface area (Å²) in [5, 5.41) is 6.03. The summed E-state index contributed by atoms with van der Waals surface area (Å²) in [4.78, 5) is 0. The molecule has 0 fully saturated rings. The van der Waals surface area contributed by atoms with E-state index in [1.807, 2.05) is 0 Å². The largest absolute Gasteiger partial charge is 0.154 e. The van der Waals surface area contributed by atoms with Gasteiger partial charge in [-0.25, -0.2) is 0 Å². The zero-order chi connectivity index (χ0) is 10.2. The van der Waals surface area contributed by atoms with Crippen LogP contribution in [0.5, 0.6) is 0 Å². The highest BCUT2D eigenvalue weighted by Crippen LogP contribution is 2.12. The fraction of sp³-hybridized carbons (Fsp3) is 0.200. The lowest BCUT2D eigenvalue weighted by Crippen LogP contribution is -1.85. The van der Waals surface area contributed by atoms with Crippen molar-refractivity contribution in [2.24, 2.45) is 0 Å². The molecule has 1 rings (SSSR count). The van der Waals surface area contributed by atoms with Gasteiger partial charge in [0.05, 0.1) is 1.37 Å². The smallest absolute Gasteiger partial charge is 0.137 e. The minimum atomic E-state index is -2.49. The van der Waals surface area contributed by atoms with E-state index in [9.17, 15) is 0 Å². The zero-order valence-corrected chi connectivity index (χ0v) is 5.66. The van der Waals surface area contributed by atoms with Crippen LogP contribution in [0.1, 0.15) is 11.0 Å². The quantitative estimate of drug-likeness (QED) is 0.591. The summed E-state index contributed by atoms with van der Waals surface area (Å²) in [6.45, 7) is -2.49. The van der Waals surface area contributed by atoms with Gasteiger partial charge in [-0.1, -0.05) is 23.2 Å². The van der Waals surface area contributed by atoms with E-state index in [-0.39, 0.29) is 15.9 Å². The van der Waals surface area contributed by atoms with Crippen molar-refractivity contribution in [3.8, 4) is 0 Å². The van der Waals surface area contributed by atoms with Crippen LogP contribution in [-0.2, 0) is 0 Å². The molecule has 48 valence electrons. The molecule has 0 aromatic carbocycles. The lowest BCUT2D eigenvalue weighted by molar-refractivity contribution is 1.02. The van der Waals surface area contributed by atoms with Gasteiger partial charge in [-0.15, -0.1) is 10.2 Å². The molecule has 0 atom stereocenters. The Morgan fingerprint density at radius 3 is 3.00 bits per heavy atom. The van der Waals surface area contributed by atoms with Gasteiger partial charge in [0, 0.05) is 4.11 Å². The van der Waals surface area contributed by atoms with Crippen molar-refractivity contribution in [3.63, 3.8) is 0 Å². The Labute approximate surface area is 68.4 Å². The highest BCUT2D eigenvalue weighted by molar-refractivity contribution is 6.31. The fourth-order valence-electron chi connectivity index (χ4n) is 0.318. The lowest BCUT2D eigenvalue weighted by Gasteiger charge is -1.92. The molecule has 1 heterocycles. The molecule has 0 N–H and O–H groups in total. The number of halogens is 2. The van der Waals surface area contributed by atoms with Crippen LogP contribution in [0.15, 0.2) is 6.04 Å². The molecule has 2 nitrogen and oxygen atoms in total. The minimum Gasteiger partial charge on any atom is -0.137 e. The topological polar surface area (TPSA) is 25.8 Å². The number of rotatable bonds is 0. The molecular formula is C5H4Cl2N2. The molecule has 0 spiro atoms. The predicted octanol–water partition coefficient (Wildman–Crippen LogP) is 2.09. The van der Waals surface area contributed by atoms with E-state index in [0.717, 1.165) is 0 Å². The Hall–Kier alpha value is -0.340. The highest BCUT2D eigenvalue weighted by atomic mass is 35.5. The standard InChI is InChI=1S/C5H4Cl2N2/c1-3-2-4(6)8-9-5(3)7/h2H,1H3/i1D3,2D. The van der Waals surface area contributed by atoms with Gasteiger partial charge < -0.3 is 0 Å². The normalized spacial score (nSPS) is 17.6. The van der Waals surface area contributed by atoms with Crippen LogP contribution in [-0.4, -0.2) is 10.2 Å². The first-order valence-corrected chi connectivity index (χ1v) is 2.78. The van der Waals surface area contributed by atoms with Gasteiger partial charge in [-0.2, -0.15) is 0 Å². The summed E-state index contributed by atoms with van der Waals surface area (Å²) in [5.74, 6) is 0. The van der Waals surface area contributed by atoms with Crippen molar-refractivity contribution in [3.05, 3.63) is 21.9 Å². The van der Waals surface area contributed by atoms with Crippen LogP contribution >= 0.6 is 23.2 Å². The molecule has 0 unspecified atom stereocenters. The Kier molecular flexibility index (Phi) is 0.880. The van der Waals surface area contributed by atoms with Gasteiger partial charge in [-0.3, -0.25) is 0 Å². The molecule has 0 bridgehead atoms.